The molecule has 2 unspecified atom stereocenters. The standard InChI is InChI=1S/C15H18N2O6S/c1-10(19)24-14-6-13(8-18)16(7-14)15(20)23-9-11-2-4-12(5-3-11)17(21)22/h2-5,13-14,18H,6-9H2,1H3. The molecule has 0 radical (unpaired) electrons. The Hall–Kier alpha value is -2.13. The number of nitro groups is 1. The summed E-state index contributed by atoms with van der Waals surface area (Å²) in [7, 11) is 0. The number of aliphatic hydroxyl groups excluding tert-OH is 1. The molecule has 1 aromatic rings. The zero-order valence-corrected chi connectivity index (χ0v) is 13.9. The third kappa shape index (κ3) is 4.68. The predicted molar refractivity (Wildman–Crippen MR) is 87.5 cm³/mol. The van der Waals surface area contributed by atoms with Crippen LogP contribution in [-0.4, -0.2) is 50.6 Å². The van der Waals surface area contributed by atoms with Gasteiger partial charge in [0.25, 0.3) is 5.69 Å². The first kappa shape index (κ1) is 18.2. The Kier molecular flexibility index (Phi) is 6.16. The molecule has 130 valence electrons. The topological polar surface area (TPSA) is 110 Å². The number of hydrogen-bond acceptors (Lipinski definition) is 7. The predicted octanol–water partition coefficient (Wildman–Crippen LogP) is 1.95. The molecule has 2 rings (SSSR count). The van der Waals surface area contributed by atoms with Crippen molar-refractivity contribution in [2.24, 2.45) is 0 Å². The van der Waals surface area contributed by atoms with Crippen molar-refractivity contribution in [3.8, 4) is 0 Å². The van der Waals surface area contributed by atoms with Gasteiger partial charge in [-0.1, -0.05) is 11.8 Å². The van der Waals surface area contributed by atoms with E-state index in [2.05, 4.69) is 0 Å². The Morgan fingerprint density at radius 1 is 1.42 bits per heavy atom. The molecule has 0 spiro atoms. The molecule has 0 aromatic heterocycles. The number of aliphatic hydroxyl groups is 1. The highest BCUT2D eigenvalue weighted by Gasteiger charge is 2.36. The van der Waals surface area contributed by atoms with E-state index < -0.39 is 11.0 Å². The summed E-state index contributed by atoms with van der Waals surface area (Å²) in [5.74, 6) is 0. The van der Waals surface area contributed by atoms with Gasteiger partial charge >= 0.3 is 6.09 Å². The summed E-state index contributed by atoms with van der Waals surface area (Å²) < 4.78 is 5.21. The maximum atomic E-state index is 12.2. The van der Waals surface area contributed by atoms with Crippen molar-refractivity contribution in [1.82, 2.24) is 4.90 Å². The smallest absolute Gasteiger partial charge is 0.410 e. The van der Waals surface area contributed by atoms with Gasteiger partial charge in [0.1, 0.15) is 6.61 Å². The van der Waals surface area contributed by atoms with Gasteiger partial charge in [-0.05, 0) is 24.1 Å². The van der Waals surface area contributed by atoms with Crippen molar-refractivity contribution in [3.63, 3.8) is 0 Å². The zero-order chi connectivity index (χ0) is 17.7. The number of nitrogens with zero attached hydrogens (tertiary/aromatic N) is 2. The van der Waals surface area contributed by atoms with Crippen molar-refractivity contribution < 1.29 is 24.4 Å². The van der Waals surface area contributed by atoms with E-state index in [1.807, 2.05) is 0 Å². The molecule has 24 heavy (non-hydrogen) atoms. The van der Waals surface area contributed by atoms with E-state index in [1.54, 1.807) is 0 Å². The molecule has 9 heteroatoms. The van der Waals surface area contributed by atoms with E-state index in [0.717, 1.165) is 11.8 Å². The second-order valence-corrected chi connectivity index (χ2v) is 6.91. The number of benzene rings is 1. The Morgan fingerprint density at radius 3 is 2.62 bits per heavy atom. The van der Waals surface area contributed by atoms with Crippen molar-refractivity contribution >= 4 is 28.7 Å². The van der Waals surface area contributed by atoms with Crippen LogP contribution < -0.4 is 0 Å². The van der Waals surface area contributed by atoms with Crippen molar-refractivity contribution in [3.05, 3.63) is 39.9 Å². The summed E-state index contributed by atoms with van der Waals surface area (Å²) >= 11 is 1.16. The van der Waals surface area contributed by atoms with Gasteiger partial charge in [-0.2, -0.15) is 0 Å². The molecule has 1 aliphatic rings. The quantitative estimate of drug-likeness (QED) is 0.635. The van der Waals surface area contributed by atoms with E-state index in [9.17, 15) is 24.8 Å². The van der Waals surface area contributed by atoms with Gasteiger partial charge in [-0.15, -0.1) is 0 Å². The fourth-order valence-electron chi connectivity index (χ4n) is 2.53. The Balaban J connectivity index is 1.91. The molecule has 1 fully saturated rings. The van der Waals surface area contributed by atoms with Crippen LogP contribution in [0.2, 0.25) is 0 Å². The summed E-state index contributed by atoms with van der Waals surface area (Å²) in [6.07, 6.45) is -0.0352. The van der Waals surface area contributed by atoms with Gasteiger partial charge in [-0.3, -0.25) is 14.9 Å². The van der Waals surface area contributed by atoms with Crippen molar-refractivity contribution in [2.45, 2.75) is 31.2 Å². The lowest BCUT2D eigenvalue weighted by atomic mass is 10.2. The minimum atomic E-state index is -0.570. The number of non-ortho nitro benzene ring substituents is 1. The lowest BCUT2D eigenvalue weighted by Gasteiger charge is -2.22. The maximum absolute atomic E-state index is 12.2. The van der Waals surface area contributed by atoms with Gasteiger partial charge in [0.15, 0.2) is 5.12 Å². The number of nitro benzene ring substituents is 1. The highest BCUT2D eigenvalue weighted by Crippen LogP contribution is 2.28. The SMILES string of the molecule is CC(=O)SC1CC(CO)N(C(=O)OCc2ccc([N+](=O)[O-])cc2)C1. The Bertz CT molecular complexity index is 621. The van der Waals surface area contributed by atoms with Crippen LogP contribution in [0.4, 0.5) is 10.5 Å². The van der Waals surface area contributed by atoms with Gasteiger partial charge in [0, 0.05) is 30.9 Å². The first-order chi connectivity index (χ1) is 11.4. The fourth-order valence-corrected chi connectivity index (χ4v) is 3.56. The van der Waals surface area contributed by atoms with Gasteiger partial charge in [0.2, 0.25) is 0 Å². The average molecular weight is 354 g/mol. The van der Waals surface area contributed by atoms with Gasteiger partial charge in [-0.25, -0.2) is 4.79 Å². The molecule has 0 saturated carbocycles. The summed E-state index contributed by atoms with van der Waals surface area (Å²) in [4.78, 5) is 34.9. The van der Waals surface area contributed by atoms with Crippen LogP contribution in [0.25, 0.3) is 0 Å². The summed E-state index contributed by atoms with van der Waals surface area (Å²) in [6.45, 7) is 1.60. The van der Waals surface area contributed by atoms with Crippen LogP contribution in [0.3, 0.4) is 0 Å². The molecule has 0 aliphatic carbocycles. The minimum absolute atomic E-state index is 0.0179. The highest BCUT2D eigenvalue weighted by atomic mass is 32.2. The fraction of sp³-hybridized carbons (Fsp3) is 0.467. The molecule has 1 N–H and O–H groups in total. The lowest BCUT2D eigenvalue weighted by Crippen LogP contribution is -2.38. The van der Waals surface area contributed by atoms with Crippen LogP contribution in [0, 0.1) is 10.1 Å². The number of carbonyl (C=O) groups excluding carboxylic acids is 2. The minimum Gasteiger partial charge on any atom is -0.445 e. The highest BCUT2D eigenvalue weighted by molar-refractivity contribution is 8.14. The normalized spacial score (nSPS) is 20.0. The number of thioether (sulfide) groups is 1. The number of hydrogen-bond donors (Lipinski definition) is 1. The van der Waals surface area contributed by atoms with Crippen molar-refractivity contribution in [2.75, 3.05) is 13.2 Å². The summed E-state index contributed by atoms with van der Waals surface area (Å²) in [5, 5.41) is 19.9. The monoisotopic (exact) mass is 354 g/mol. The molecular formula is C15H18N2O6S. The first-order valence-corrected chi connectivity index (χ1v) is 8.23. The van der Waals surface area contributed by atoms with E-state index in [0.29, 0.717) is 18.5 Å². The molecule has 0 bridgehead atoms. The summed E-state index contributed by atoms with van der Waals surface area (Å²) in [5.41, 5.74) is 0.595. The van der Waals surface area contributed by atoms with Crippen molar-refractivity contribution in [1.29, 1.82) is 0 Å². The molecule has 2 atom stereocenters. The molecule has 1 amide bonds. The average Bonchev–Trinajstić information content (AvgIpc) is 2.95. The number of likely N-dealkylation sites (tertiary alicyclic amines) is 1. The number of ether oxygens (including phenoxy) is 1. The lowest BCUT2D eigenvalue weighted by molar-refractivity contribution is -0.384. The van der Waals surface area contributed by atoms with Crippen LogP contribution >= 0.6 is 11.8 Å². The van der Waals surface area contributed by atoms with E-state index in [1.165, 1.54) is 36.1 Å². The van der Waals surface area contributed by atoms with E-state index >= 15 is 0 Å². The van der Waals surface area contributed by atoms with Crippen LogP contribution in [0.15, 0.2) is 24.3 Å². The second kappa shape index (κ2) is 8.11. The Labute approximate surface area is 142 Å². The third-order valence-electron chi connectivity index (χ3n) is 3.66. The number of carbonyl (C=O) groups is 2. The molecule has 1 heterocycles. The first-order valence-electron chi connectivity index (χ1n) is 7.35. The number of amides is 1. The van der Waals surface area contributed by atoms with Gasteiger partial charge in [0.05, 0.1) is 17.6 Å². The molecule has 1 saturated heterocycles. The Morgan fingerprint density at radius 2 is 2.08 bits per heavy atom. The van der Waals surface area contributed by atoms with Crippen LogP contribution in [-0.2, 0) is 16.1 Å². The zero-order valence-electron chi connectivity index (χ0n) is 13.1. The maximum Gasteiger partial charge on any atom is 0.410 e. The third-order valence-corrected chi connectivity index (χ3v) is 4.67. The molecule has 1 aliphatic heterocycles. The van der Waals surface area contributed by atoms with E-state index in [4.69, 9.17) is 4.74 Å². The molecule has 8 nitrogen and oxygen atoms in total. The summed E-state index contributed by atoms with van der Waals surface area (Å²) in [6, 6.07) is 5.36. The van der Waals surface area contributed by atoms with Crippen LogP contribution in [0.1, 0.15) is 18.9 Å². The molecular weight excluding hydrogens is 336 g/mol. The van der Waals surface area contributed by atoms with Crippen LogP contribution in [0.5, 0.6) is 0 Å². The second-order valence-electron chi connectivity index (χ2n) is 5.43. The molecule has 1 aromatic carbocycles. The van der Waals surface area contributed by atoms with Gasteiger partial charge < -0.3 is 14.7 Å². The number of rotatable bonds is 5. The van der Waals surface area contributed by atoms with E-state index in [-0.39, 0.29) is 35.3 Å². The largest absolute Gasteiger partial charge is 0.445 e.